The predicted octanol–water partition coefficient (Wildman–Crippen LogP) is 17.8. The Hall–Kier alpha value is -2.43. The van der Waals surface area contributed by atoms with E-state index in [2.05, 4.69) is 102 Å². The molecule has 0 amide bonds. The molecule has 0 aromatic heterocycles. The van der Waals surface area contributed by atoms with Crippen molar-refractivity contribution in [1.82, 2.24) is 0 Å². The number of aryl methyl sites for hydroxylation is 2. The standard InChI is InChI=1S/C50H76N2.2C2H5.Ni/c1-5-9-13-14-15-16-17-18-19-20-21-22-23-24-25-26-27-28-30-40-48-47(39-29-10-6-2)49(45-37-31-35-43(41-45)33-11-7-3)52(51)50(48)46-38-32-36-44(42-46)34-12-8-4;2*1-2;/h31-32,35-38,41-42H,5-29,33-34,39H2,1-4H3;2*1H2,2H3;/q;2*-1;+2. The molecule has 0 atom stereocenters. The molecular formula is C54H86N2Ni. The van der Waals surface area contributed by atoms with E-state index in [1.165, 1.54) is 163 Å². The molecule has 2 aromatic carbocycles. The van der Waals surface area contributed by atoms with Crippen LogP contribution < -0.4 is 0 Å². The molecule has 0 saturated carbocycles. The first kappa shape index (κ1) is 54.6. The van der Waals surface area contributed by atoms with Gasteiger partial charge in [-0.25, -0.2) is 4.70 Å². The smallest absolute Gasteiger partial charge is 0.493 e. The first-order valence-electron chi connectivity index (χ1n) is 23.7. The van der Waals surface area contributed by atoms with E-state index in [-0.39, 0.29) is 16.5 Å². The van der Waals surface area contributed by atoms with Crippen molar-refractivity contribution in [1.29, 1.82) is 0 Å². The minimum atomic E-state index is 0. The predicted molar refractivity (Wildman–Crippen MR) is 250 cm³/mol. The van der Waals surface area contributed by atoms with Gasteiger partial charge in [0.05, 0.1) is 0 Å². The van der Waals surface area contributed by atoms with E-state index < -0.39 is 0 Å². The van der Waals surface area contributed by atoms with Gasteiger partial charge in [0.15, 0.2) is 0 Å². The number of hydrogen-bond acceptors (Lipinski definition) is 0. The van der Waals surface area contributed by atoms with Gasteiger partial charge in [-0.05, 0) is 80.3 Å². The van der Waals surface area contributed by atoms with Crippen molar-refractivity contribution in [2.24, 2.45) is 0 Å². The summed E-state index contributed by atoms with van der Waals surface area (Å²) in [6, 6.07) is 17.7. The van der Waals surface area contributed by atoms with E-state index in [9.17, 15) is 5.53 Å². The van der Waals surface area contributed by atoms with Crippen molar-refractivity contribution in [2.75, 3.05) is 0 Å². The number of hydrogen-bond donors (Lipinski definition) is 0. The zero-order valence-electron chi connectivity index (χ0n) is 38.0. The number of nitrogens with zero attached hydrogens (tertiary/aromatic N) is 2. The maximum Gasteiger partial charge on any atom is 2.00 e. The second-order valence-corrected chi connectivity index (χ2v) is 15.6. The van der Waals surface area contributed by atoms with Crippen LogP contribution in [0.2, 0.25) is 0 Å². The van der Waals surface area contributed by atoms with Crippen molar-refractivity contribution in [3.05, 3.63) is 101 Å². The number of benzene rings is 2. The van der Waals surface area contributed by atoms with Gasteiger partial charge >= 0.3 is 16.5 Å². The van der Waals surface area contributed by atoms with Crippen LogP contribution in [0.3, 0.4) is 0 Å². The van der Waals surface area contributed by atoms with E-state index in [1.807, 2.05) is 0 Å². The summed E-state index contributed by atoms with van der Waals surface area (Å²) in [6.45, 7) is 19.1. The Morgan fingerprint density at radius 2 is 0.860 bits per heavy atom. The molecule has 57 heavy (non-hydrogen) atoms. The van der Waals surface area contributed by atoms with Crippen LogP contribution in [0.15, 0.2) is 59.7 Å². The topological polar surface area (TPSA) is 25.3 Å². The molecule has 2 nitrogen and oxygen atoms in total. The third-order valence-electron chi connectivity index (χ3n) is 10.9. The fourth-order valence-corrected chi connectivity index (χ4v) is 7.70. The van der Waals surface area contributed by atoms with Crippen LogP contribution in [0.25, 0.3) is 16.9 Å². The van der Waals surface area contributed by atoms with E-state index in [0.29, 0.717) is 0 Å². The van der Waals surface area contributed by atoms with Crippen molar-refractivity contribution < 1.29 is 21.2 Å². The van der Waals surface area contributed by atoms with Crippen LogP contribution in [-0.2, 0) is 29.3 Å². The first-order valence-corrected chi connectivity index (χ1v) is 23.7. The molecule has 0 spiro atoms. The van der Waals surface area contributed by atoms with E-state index in [0.717, 1.165) is 66.6 Å². The molecule has 0 saturated heterocycles. The van der Waals surface area contributed by atoms with E-state index in [1.54, 1.807) is 13.8 Å². The third-order valence-corrected chi connectivity index (χ3v) is 10.9. The van der Waals surface area contributed by atoms with Crippen molar-refractivity contribution in [3.8, 4) is 11.8 Å². The quantitative estimate of drug-likeness (QED) is 0.0257. The second-order valence-electron chi connectivity index (χ2n) is 15.6. The van der Waals surface area contributed by atoms with Gasteiger partial charge in [-0.1, -0.05) is 192 Å². The first-order chi connectivity index (χ1) is 27.6. The molecule has 0 bridgehead atoms. The van der Waals surface area contributed by atoms with Crippen LogP contribution in [-0.4, -0.2) is 4.70 Å². The average molecular weight is 822 g/mol. The Kier molecular flexibility index (Phi) is 36.2. The molecule has 3 rings (SSSR count). The summed E-state index contributed by atoms with van der Waals surface area (Å²) in [7, 11) is 0. The Morgan fingerprint density at radius 1 is 0.474 bits per heavy atom. The molecule has 0 N–H and O–H groups in total. The average Bonchev–Trinajstić information content (AvgIpc) is 3.51. The molecule has 3 heteroatoms. The molecule has 0 radical (unpaired) electrons. The Morgan fingerprint density at radius 3 is 1.30 bits per heavy atom. The van der Waals surface area contributed by atoms with Gasteiger partial charge in [0.25, 0.3) is 0 Å². The summed E-state index contributed by atoms with van der Waals surface area (Å²) >= 11 is 0. The monoisotopic (exact) mass is 821 g/mol. The summed E-state index contributed by atoms with van der Waals surface area (Å²) in [6.07, 6.45) is 35.8. The van der Waals surface area contributed by atoms with Crippen molar-refractivity contribution in [3.63, 3.8) is 0 Å². The second kappa shape index (κ2) is 37.8. The van der Waals surface area contributed by atoms with Crippen LogP contribution in [0.1, 0.15) is 231 Å². The SMILES string of the molecule is CCCCCCCCCCCCCCCCCCCC#CC1=C(c2cccc(CCCC)c2)[N+](=[N-])C(c2cccc(CCCC)c2)=C1CCCCC.[CH2-]C.[CH2-]C.[Ni+2]. The largest absolute Gasteiger partial charge is 2.00 e. The zero-order valence-corrected chi connectivity index (χ0v) is 39.0. The van der Waals surface area contributed by atoms with Crippen molar-refractivity contribution >= 4 is 11.4 Å². The van der Waals surface area contributed by atoms with Gasteiger partial charge in [-0.3, -0.25) is 0 Å². The van der Waals surface area contributed by atoms with Gasteiger partial charge in [0, 0.05) is 23.1 Å². The fraction of sp³-hybridized carbons (Fsp3) is 0.630. The normalized spacial score (nSPS) is 12.0. The molecule has 2 aromatic rings. The molecule has 1 aliphatic heterocycles. The van der Waals surface area contributed by atoms with E-state index >= 15 is 0 Å². The summed E-state index contributed by atoms with van der Waals surface area (Å²) in [5, 5.41) is 0. The molecule has 0 unspecified atom stereocenters. The van der Waals surface area contributed by atoms with Gasteiger partial charge in [-0.15, -0.1) is 0 Å². The van der Waals surface area contributed by atoms with Gasteiger partial charge in [-0.2, -0.15) is 13.8 Å². The maximum absolute atomic E-state index is 12.1. The van der Waals surface area contributed by atoms with Crippen molar-refractivity contribution in [2.45, 2.75) is 221 Å². The van der Waals surface area contributed by atoms with Crippen LogP contribution >= 0.6 is 0 Å². The zero-order chi connectivity index (χ0) is 41.1. The minimum Gasteiger partial charge on any atom is -0.493 e. The Balaban J connectivity index is 0.00000607. The summed E-state index contributed by atoms with van der Waals surface area (Å²) in [5.41, 5.74) is 21.0. The number of allylic oxidation sites excluding steroid dienone is 2. The van der Waals surface area contributed by atoms with Crippen LogP contribution in [0.4, 0.5) is 0 Å². The molecule has 1 aliphatic rings. The fourth-order valence-electron chi connectivity index (χ4n) is 7.70. The van der Waals surface area contributed by atoms with Gasteiger partial charge in [0.2, 0.25) is 11.4 Å². The maximum atomic E-state index is 12.1. The molecule has 322 valence electrons. The summed E-state index contributed by atoms with van der Waals surface area (Å²) in [4.78, 5) is 0. The Labute approximate surface area is 365 Å². The molecule has 1 heterocycles. The summed E-state index contributed by atoms with van der Waals surface area (Å²) < 4.78 is 1.50. The number of rotatable bonds is 29. The van der Waals surface area contributed by atoms with Crippen LogP contribution in [0, 0.1) is 25.7 Å². The van der Waals surface area contributed by atoms with E-state index in [4.69, 9.17) is 0 Å². The summed E-state index contributed by atoms with van der Waals surface area (Å²) in [5.74, 6) is 7.27. The minimum absolute atomic E-state index is 0. The molecular weight excluding hydrogens is 735 g/mol. The van der Waals surface area contributed by atoms with Crippen LogP contribution in [0.5, 0.6) is 0 Å². The third kappa shape index (κ3) is 22.5. The number of unbranched alkanes of at least 4 members (excludes halogenated alkanes) is 21. The molecule has 0 fully saturated rings. The van der Waals surface area contributed by atoms with Gasteiger partial charge < -0.3 is 19.4 Å². The van der Waals surface area contributed by atoms with Gasteiger partial charge in [0.1, 0.15) is 5.57 Å². The Bertz CT molecular complexity index is 1420. The molecule has 0 aliphatic carbocycles.